The molecule has 7 atom stereocenters. The average molecular weight is 412 g/mol. The van der Waals surface area contributed by atoms with Gasteiger partial charge in [0, 0.05) is 18.3 Å². The zero-order chi connectivity index (χ0) is 15.6. The molecule has 122 valence electrons. The number of quaternary nitrogens is 2. The number of halogens is 1. The highest BCUT2D eigenvalue weighted by atomic mass is 127. The maximum absolute atomic E-state index is 12.5. The fourth-order valence-corrected chi connectivity index (χ4v) is 4.62. The van der Waals surface area contributed by atoms with Crippen LogP contribution in [0.2, 0.25) is 0 Å². The number of alkyl halides is 1. The van der Waals surface area contributed by atoms with Crippen molar-refractivity contribution in [1.29, 1.82) is 0 Å². The lowest BCUT2D eigenvalue weighted by atomic mass is 9.82. The van der Waals surface area contributed by atoms with Gasteiger partial charge < -0.3 is 10.1 Å². The molecule has 1 aliphatic carbocycles. The zero-order valence-corrected chi connectivity index (χ0v) is 14.7. The Morgan fingerprint density at radius 3 is 2.86 bits per heavy atom. The van der Waals surface area contributed by atoms with E-state index in [1.807, 2.05) is 0 Å². The lowest BCUT2D eigenvalue weighted by molar-refractivity contribution is -1.07. The summed E-state index contributed by atoms with van der Waals surface area (Å²) in [4.78, 5) is 13.7. The molecule has 2 aliphatic rings. The van der Waals surface area contributed by atoms with Crippen LogP contribution in [-0.2, 0) is 4.79 Å². The maximum atomic E-state index is 12.5. The van der Waals surface area contributed by atoms with E-state index in [0.717, 1.165) is 32.2 Å². The van der Waals surface area contributed by atoms with E-state index in [0.29, 0.717) is 18.9 Å². The summed E-state index contributed by atoms with van der Waals surface area (Å²) >= 11 is 2.21. The summed E-state index contributed by atoms with van der Waals surface area (Å²) in [5.41, 5.74) is 6.21. The Hall–Kier alpha value is 0.200. The first kappa shape index (κ1) is 17.6. The Morgan fingerprint density at radius 1 is 1.48 bits per heavy atom. The van der Waals surface area contributed by atoms with Gasteiger partial charge >= 0.3 is 0 Å². The predicted octanol–water partition coefficient (Wildman–Crippen LogP) is -1.10. The predicted molar refractivity (Wildman–Crippen MR) is 87.1 cm³/mol. The van der Waals surface area contributed by atoms with Crippen molar-refractivity contribution in [2.24, 2.45) is 17.6 Å². The van der Waals surface area contributed by atoms with Crippen LogP contribution in [0.15, 0.2) is 0 Å². The molecule has 0 amide bonds. The summed E-state index contributed by atoms with van der Waals surface area (Å²) in [5, 5.41) is 19.8. The molecule has 0 aromatic rings. The summed E-state index contributed by atoms with van der Waals surface area (Å²) < 4.78 is 0.147. The minimum Gasteiger partial charge on any atom is -0.600 e. The first-order valence-electron chi connectivity index (χ1n) is 7.90. The van der Waals surface area contributed by atoms with E-state index in [4.69, 9.17) is 5.73 Å². The Balaban J connectivity index is 1.91. The third-order valence-electron chi connectivity index (χ3n) is 5.18. The Kier molecular flexibility index (Phi) is 6.39. The van der Waals surface area contributed by atoms with E-state index in [-0.39, 0.29) is 27.8 Å². The maximum Gasteiger partial charge on any atom is 0.190 e. The van der Waals surface area contributed by atoms with Gasteiger partial charge in [0.05, 0.1) is 10.5 Å². The molecule has 6 nitrogen and oxygen atoms in total. The van der Waals surface area contributed by atoms with E-state index >= 15 is 0 Å². The lowest BCUT2D eigenvalue weighted by Gasteiger charge is -2.37. The van der Waals surface area contributed by atoms with E-state index in [1.54, 1.807) is 0 Å². The van der Waals surface area contributed by atoms with Crippen molar-refractivity contribution in [1.82, 2.24) is 0 Å². The number of hydrogen-bond donors (Lipinski definition) is 4. The van der Waals surface area contributed by atoms with E-state index < -0.39 is 5.23 Å². The summed E-state index contributed by atoms with van der Waals surface area (Å²) in [5.74, 6) is 0.580. The quantitative estimate of drug-likeness (QED) is 0.268. The van der Waals surface area contributed by atoms with Gasteiger partial charge in [0.1, 0.15) is 18.8 Å². The highest BCUT2D eigenvalue weighted by Gasteiger charge is 2.39. The van der Waals surface area contributed by atoms with Crippen molar-refractivity contribution in [2.75, 3.05) is 13.1 Å². The van der Waals surface area contributed by atoms with E-state index in [9.17, 15) is 15.2 Å². The van der Waals surface area contributed by atoms with Crippen molar-refractivity contribution in [3.8, 4) is 0 Å². The van der Waals surface area contributed by atoms with Crippen LogP contribution in [0.4, 0.5) is 0 Å². The van der Waals surface area contributed by atoms with Crippen LogP contribution in [0.5, 0.6) is 0 Å². The van der Waals surface area contributed by atoms with Gasteiger partial charge in [-0.3, -0.25) is 10.5 Å². The van der Waals surface area contributed by atoms with Crippen LogP contribution in [0.1, 0.15) is 39.0 Å². The van der Waals surface area contributed by atoms with Gasteiger partial charge in [-0.05, 0) is 25.7 Å². The molecule has 0 spiro atoms. The third kappa shape index (κ3) is 4.35. The van der Waals surface area contributed by atoms with E-state index in [1.165, 1.54) is 4.90 Å². The number of ketones is 1. The number of hydrogen-bond acceptors (Lipinski definition) is 4. The van der Waals surface area contributed by atoms with Crippen molar-refractivity contribution in [3.63, 3.8) is 0 Å². The van der Waals surface area contributed by atoms with Crippen molar-refractivity contribution in [3.05, 3.63) is 5.21 Å². The zero-order valence-electron chi connectivity index (χ0n) is 12.6. The van der Waals surface area contributed by atoms with Gasteiger partial charge in [-0.2, -0.15) is 0 Å². The molecule has 0 bridgehead atoms. The van der Waals surface area contributed by atoms with Crippen molar-refractivity contribution >= 4 is 28.4 Å². The third-order valence-corrected chi connectivity index (χ3v) is 6.67. The number of likely N-dealkylation sites (tertiary alicyclic amines) is 1. The molecule has 5 N–H and O–H groups in total. The Labute approximate surface area is 139 Å². The topological polar surface area (TPSA) is 95.3 Å². The molecule has 0 aromatic heterocycles. The number of Topliss-reactive ketones (excluding diaryl/α,β-unsaturated/α-hetero) is 1. The number of carbonyl (C=O) groups is 1. The van der Waals surface area contributed by atoms with Crippen LogP contribution in [0, 0.1) is 17.0 Å². The minimum atomic E-state index is -0.762. The molecule has 7 heteroatoms. The number of carbonyl (C=O) groups excluding carboxylic acids is 1. The number of rotatable bonds is 4. The summed E-state index contributed by atoms with van der Waals surface area (Å²) in [6, 6.07) is -0.378. The molecule has 1 aliphatic heterocycles. The van der Waals surface area contributed by atoms with Gasteiger partial charge in [-0.15, -0.1) is 0 Å². The Bertz CT molecular complexity index is 369. The van der Waals surface area contributed by atoms with Crippen LogP contribution in [0.3, 0.4) is 0 Å². The molecule has 0 radical (unpaired) electrons. The second-order valence-corrected chi connectivity index (χ2v) is 8.27. The highest BCUT2D eigenvalue weighted by molar-refractivity contribution is 14.1. The van der Waals surface area contributed by atoms with Gasteiger partial charge in [-0.25, -0.2) is 10.4 Å². The van der Waals surface area contributed by atoms with Gasteiger partial charge in [0.15, 0.2) is 5.78 Å². The van der Waals surface area contributed by atoms with Gasteiger partial charge in [0.2, 0.25) is 0 Å². The average Bonchev–Trinajstić information content (AvgIpc) is 2.44. The molecule has 1 saturated heterocycles. The number of piperidine rings is 1. The van der Waals surface area contributed by atoms with Crippen molar-refractivity contribution in [2.45, 2.75) is 55.2 Å². The first-order valence-corrected chi connectivity index (χ1v) is 9.14. The largest absolute Gasteiger partial charge is 0.600 e. The summed E-state index contributed by atoms with van der Waals surface area (Å²) in [6.45, 7) is 3.58. The first-order chi connectivity index (χ1) is 9.90. The smallest absolute Gasteiger partial charge is 0.190 e. The lowest BCUT2D eigenvalue weighted by Crippen LogP contribution is -3.20. The second-order valence-electron chi connectivity index (χ2n) is 6.67. The fourth-order valence-electron chi connectivity index (χ4n) is 3.66. The summed E-state index contributed by atoms with van der Waals surface area (Å²) in [7, 11) is 0. The van der Waals surface area contributed by atoms with Crippen LogP contribution in [0.25, 0.3) is 0 Å². The van der Waals surface area contributed by atoms with E-state index in [2.05, 4.69) is 29.5 Å². The Morgan fingerprint density at radius 2 is 2.19 bits per heavy atom. The van der Waals surface area contributed by atoms with Gasteiger partial charge in [-0.1, -0.05) is 29.5 Å². The molecule has 7 unspecified atom stereocenters. The summed E-state index contributed by atoms with van der Waals surface area (Å²) in [6.07, 6.45) is 4.45. The van der Waals surface area contributed by atoms with Gasteiger partial charge in [0.25, 0.3) is 0 Å². The number of nitrogens with one attached hydrogen (secondary N) is 2. The van der Waals surface area contributed by atoms with Crippen molar-refractivity contribution < 1.29 is 20.1 Å². The minimum absolute atomic E-state index is 0.0406. The molecule has 21 heavy (non-hydrogen) atoms. The second kappa shape index (κ2) is 7.65. The molecular formula is C14H27IN3O3+. The number of nitrogens with two attached hydrogens (primary N) is 1. The molecular weight excluding hydrogens is 385 g/mol. The molecule has 2 rings (SSSR count). The fraction of sp³-hybridized carbons (Fsp3) is 0.929. The molecule has 1 saturated carbocycles. The standard InChI is InChI=1S/C14H26IN3O3/c1-9-3-2-6-17(14(9)16)8-13(19)10-4-5-11(15)12(7-10)18(20)21/h9-12,14,18,20H,2-8,16H2,1H3/p+1. The highest BCUT2D eigenvalue weighted by Crippen LogP contribution is 2.28. The number of hydroxylamine groups is 2. The molecule has 1 heterocycles. The van der Waals surface area contributed by atoms with Crippen LogP contribution >= 0.6 is 22.6 Å². The molecule has 0 aromatic carbocycles. The SMILES string of the molecule is CC1CCC[NH+](CC(=O)C2CCC(I)C([NH+]([O-])O)C2)C1N. The van der Waals surface area contributed by atoms with Crippen LogP contribution < -0.4 is 15.9 Å². The van der Waals surface area contributed by atoms with Crippen LogP contribution in [-0.4, -0.2) is 40.2 Å². The normalized spacial score (nSPS) is 42.5. The molecule has 2 fully saturated rings. The monoisotopic (exact) mass is 412 g/mol.